The lowest BCUT2D eigenvalue weighted by Gasteiger charge is -2.39. The highest BCUT2D eigenvalue weighted by Crippen LogP contribution is 2.28. The van der Waals surface area contributed by atoms with Crippen molar-refractivity contribution in [2.75, 3.05) is 0 Å². The van der Waals surface area contributed by atoms with Crippen LogP contribution in [0.5, 0.6) is 0 Å². The van der Waals surface area contributed by atoms with Crippen molar-refractivity contribution < 1.29 is 9.59 Å². The first kappa shape index (κ1) is 16.5. The summed E-state index contributed by atoms with van der Waals surface area (Å²) in [6.45, 7) is 6.56. The summed E-state index contributed by atoms with van der Waals surface area (Å²) < 4.78 is 1.00. The first-order valence-corrected chi connectivity index (χ1v) is 8.94. The number of thiophene rings is 1. The number of amides is 2. The smallest absolute Gasteiger partial charge is 0.246 e. The van der Waals surface area contributed by atoms with Crippen LogP contribution in [0.1, 0.15) is 38.5 Å². The molecule has 1 aliphatic heterocycles. The largest absolute Gasteiger partial charge is 0.343 e. The lowest BCUT2D eigenvalue weighted by molar-refractivity contribution is -0.150. The number of carbonyl (C=O) groups is 2. The number of carbonyl (C=O) groups excluding carboxylic acids is 2. The van der Waals surface area contributed by atoms with Crippen molar-refractivity contribution >= 4 is 39.1 Å². The Kier molecular flexibility index (Phi) is 5.43. The zero-order chi connectivity index (χ0) is 15.6. The number of halogens is 1. The summed E-state index contributed by atoms with van der Waals surface area (Å²) in [5.41, 5.74) is 0. The predicted octanol–water partition coefficient (Wildman–Crippen LogP) is 3.16. The van der Waals surface area contributed by atoms with E-state index in [1.54, 1.807) is 16.2 Å². The highest BCUT2D eigenvalue weighted by molar-refractivity contribution is 9.10. The molecule has 0 saturated carbocycles. The zero-order valence-electron chi connectivity index (χ0n) is 12.6. The predicted molar refractivity (Wildman–Crippen MR) is 88.0 cm³/mol. The Labute approximate surface area is 138 Å². The molecule has 1 aliphatic rings. The molecule has 2 heterocycles. The number of nitrogens with one attached hydrogen (secondary N) is 1. The molecule has 1 fully saturated rings. The van der Waals surface area contributed by atoms with E-state index in [0.29, 0.717) is 25.3 Å². The molecule has 4 nitrogen and oxygen atoms in total. The molecule has 1 N–H and O–H groups in total. The van der Waals surface area contributed by atoms with Crippen LogP contribution in [0, 0.1) is 5.92 Å². The zero-order valence-corrected chi connectivity index (χ0v) is 15.0. The monoisotopic (exact) mass is 372 g/mol. The first-order chi connectivity index (χ1) is 9.93. The molecule has 1 saturated heterocycles. The SMILES string of the molecule is CCC1NC(=O)C(CC(C)C)N(Cc2sccc2Br)C1=O. The van der Waals surface area contributed by atoms with Crippen LogP contribution < -0.4 is 5.32 Å². The van der Waals surface area contributed by atoms with E-state index in [-0.39, 0.29) is 23.9 Å². The van der Waals surface area contributed by atoms with Crippen LogP contribution in [0.25, 0.3) is 0 Å². The van der Waals surface area contributed by atoms with Crippen LogP contribution in [-0.2, 0) is 16.1 Å². The summed E-state index contributed by atoms with van der Waals surface area (Å²) >= 11 is 5.11. The van der Waals surface area contributed by atoms with E-state index < -0.39 is 0 Å². The van der Waals surface area contributed by atoms with E-state index in [0.717, 1.165) is 9.35 Å². The second kappa shape index (κ2) is 6.92. The van der Waals surface area contributed by atoms with Gasteiger partial charge in [-0.05, 0) is 46.1 Å². The molecule has 0 aromatic carbocycles. The van der Waals surface area contributed by atoms with E-state index in [1.807, 2.05) is 18.4 Å². The van der Waals surface area contributed by atoms with Gasteiger partial charge in [0.05, 0.1) is 6.54 Å². The molecule has 1 aromatic rings. The van der Waals surface area contributed by atoms with Gasteiger partial charge in [0, 0.05) is 9.35 Å². The van der Waals surface area contributed by atoms with Gasteiger partial charge in [-0.2, -0.15) is 0 Å². The van der Waals surface area contributed by atoms with Crippen LogP contribution >= 0.6 is 27.3 Å². The van der Waals surface area contributed by atoms with Gasteiger partial charge >= 0.3 is 0 Å². The summed E-state index contributed by atoms with van der Waals surface area (Å²) in [5, 5.41) is 4.85. The maximum Gasteiger partial charge on any atom is 0.246 e. The lowest BCUT2D eigenvalue weighted by Crippen LogP contribution is -2.62. The molecule has 1 aromatic heterocycles. The van der Waals surface area contributed by atoms with Crippen molar-refractivity contribution in [3.8, 4) is 0 Å². The van der Waals surface area contributed by atoms with E-state index >= 15 is 0 Å². The Morgan fingerprint density at radius 2 is 2.14 bits per heavy atom. The summed E-state index contributed by atoms with van der Waals surface area (Å²) in [5.74, 6) is 0.367. The molecule has 6 heteroatoms. The molecule has 0 aliphatic carbocycles. The molecule has 2 rings (SSSR count). The van der Waals surface area contributed by atoms with Crippen molar-refractivity contribution in [2.24, 2.45) is 5.92 Å². The van der Waals surface area contributed by atoms with Gasteiger partial charge in [0.15, 0.2) is 0 Å². The maximum absolute atomic E-state index is 12.6. The van der Waals surface area contributed by atoms with Gasteiger partial charge in [0.2, 0.25) is 11.8 Å². The minimum atomic E-state index is -0.389. The number of nitrogens with zero attached hydrogens (tertiary/aromatic N) is 1. The van der Waals surface area contributed by atoms with Gasteiger partial charge in [-0.25, -0.2) is 0 Å². The standard InChI is InChI=1S/C15H21BrN2O2S/c1-4-11-15(20)18(8-13-10(16)5-6-21-13)12(7-9(2)3)14(19)17-11/h5-6,9,11-12H,4,7-8H2,1-3H3,(H,17,19). The topological polar surface area (TPSA) is 49.4 Å². The van der Waals surface area contributed by atoms with Crippen molar-refractivity contribution in [1.82, 2.24) is 10.2 Å². The minimum Gasteiger partial charge on any atom is -0.343 e. The Balaban J connectivity index is 2.26. The maximum atomic E-state index is 12.6. The third kappa shape index (κ3) is 3.66. The normalized spacial score (nSPS) is 22.8. The highest BCUT2D eigenvalue weighted by Gasteiger charge is 2.40. The third-order valence-electron chi connectivity index (χ3n) is 3.68. The van der Waals surface area contributed by atoms with E-state index in [1.165, 1.54) is 0 Å². The molecule has 0 radical (unpaired) electrons. The molecule has 2 atom stereocenters. The number of hydrogen-bond donors (Lipinski definition) is 1. The fraction of sp³-hybridized carbons (Fsp3) is 0.600. The van der Waals surface area contributed by atoms with Gasteiger partial charge in [0.1, 0.15) is 12.1 Å². The molecule has 2 unspecified atom stereocenters. The summed E-state index contributed by atoms with van der Waals surface area (Å²) in [7, 11) is 0. The van der Waals surface area contributed by atoms with Crippen molar-refractivity contribution in [3.05, 3.63) is 20.8 Å². The molecular formula is C15H21BrN2O2S. The Morgan fingerprint density at radius 1 is 1.43 bits per heavy atom. The van der Waals surface area contributed by atoms with Crippen LogP contribution in [-0.4, -0.2) is 28.8 Å². The first-order valence-electron chi connectivity index (χ1n) is 7.26. The van der Waals surface area contributed by atoms with Crippen LogP contribution in [0.3, 0.4) is 0 Å². The van der Waals surface area contributed by atoms with Crippen molar-refractivity contribution in [1.29, 1.82) is 0 Å². The van der Waals surface area contributed by atoms with E-state index in [2.05, 4.69) is 35.1 Å². The van der Waals surface area contributed by atoms with Crippen molar-refractivity contribution in [3.63, 3.8) is 0 Å². The fourth-order valence-corrected chi connectivity index (χ4v) is 4.04. The highest BCUT2D eigenvalue weighted by atomic mass is 79.9. The molecule has 0 bridgehead atoms. The number of hydrogen-bond acceptors (Lipinski definition) is 3. The lowest BCUT2D eigenvalue weighted by atomic mass is 9.97. The average Bonchev–Trinajstić information content (AvgIpc) is 2.82. The van der Waals surface area contributed by atoms with Gasteiger partial charge in [0.25, 0.3) is 0 Å². The molecule has 21 heavy (non-hydrogen) atoms. The number of piperazine rings is 1. The van der Waals surface area contributed by atoms with Gasteiger partial charge in [-0.15, -0.1) is 11.3 Å². The second-order valence-electron chi connectivity index (χ2n) is 5.77. The van der Waals surface area contributed by atoms with E-state index in [4.69, 9.17) is 0 Å². The fourth-order valence-electron chi connectivity index (χ4n) is 2.56. The average molecular weight is 373 g/mol. The third-order valence-corrected chi connectivity index (χ3v) is 5.60. The second-order valence-corrected chi connectivity index (χ2v) is 7.63. The Hall–Kier alpha value is -0.880. The quantitative estimate of drug-likeness (QED) is 0.862. The van der Waals surface area contributed by atoms with Gasteiger partial charge in [-0.3, -0.25) is 9.59 Å². The molecule has 2 amide bonds. The summed E-state index contributed by atoms with van der Waals surface area (Å²) in [6.07, 6.45) is 1.32. The Bertz CT molecular complexity index is 529. The van der Waals surface area contributed by atoms with Crippen LogP contribution in [0.15, 0.2) is 15.9 Å². The molecule has 0 spiro atoms. The van der Waals surface area contributed by atoms with Crippen LogP contribution in [0.4, 0.5) is 0 Å². The number of rotatable bonds is 5. The minimum absolute atomic E-state index is 0.0252. The molecule has 116 valence electrons. The van der Waals surface area contributed by atoms with Gasteiger partial charge in [-0.1, -0.05) is 20.8 Å². The summed E-state index contributed by atoms with van der Waals surface area (Å²) in [6, 6.07) is 1.22. The summed E-state index contributed by atoms with van der Waals surface area (Å²) in [4.78, 5) is 27.8. The van der Waals surface area contributed by atoms with E-state index in [9.17, 15) is 9.59 Å². The molecular weight excluding hydrogens is 352 g/mol. The Morgan fingerprint density at radius 3 is 2.67 bits per heavy atom. The van der Waals surface area contributed by atoms with Crippen molar-refractivity contribution in [2.45, 2.75) is 52.2 Å². The van der Waals surface area contributed by atoms with Crippen LogP contribution in [0.2, 0.25) is 0 Å². The van der Waals surface area contributed by atoms with Gasteiger partial charge < -0.3 is 10.2 Å².